The van der Waals surface area contributed by atoms with E-state index in [0.29, 0.717) is 6.42 Å². The number of carbonyl (C=O) groups excluding carboxylic acids is 1. The van der Waals surface area contributed by atoms with Gasteiger partial charge in [-0.25, -0.2) is 9.18 Å². The van der Waals surface area contributed by atoms with E-state index in [4.69, 9.17) is 15.2 Å². The van der Waals surface area contributed by atoms with Crippen molar-refractivity contribution in [1.29, 1.82) is 0 Å². The molecular weight excluding hydrogens is 237 g/mol. The number of benzene rings is 1. The molecule has 0 saturated carbocycles. The number of hydrogen-bond donors (Lipinski definition) is 1. The van der Waals surface area contributed by atoms with Crippen LogP contribution in [-0.2, 0) is 16.1 Å². The van der Waals surface area contributed by atoms with Crippen LogP contribution < -0.4 is 10.5 Å². The molecule has 0 heterocycles. The van der Waals surface area contributed by atoms with E-state index < -0.39 is 17.9 Å². The standard InChI is InChI=1S/C13H18FNO3/c1-3-11(13(16)17-4-2)18-12-7-5-6-10(14)9(12)8-15/h5-7,11H,3-4,8,15H2,1-2H3. The first-order chi connectivity index (χ1) is 8.63. The third-order valence-electron chi connectivity index (χ3n) is 2.47. The molecule has 0 aromatic heterocycles. The van der Waals surface area contributed by atoms with Crippen molar-refractivity contribution in [3.63, 3.8) is 0 Å². The minimum Gasteiger partial charge on any atom is -0.478 e. The number of ether oxygens (including phenoxy) is 2. The summed E-state index contributed by atoms with van der Waals surface area (Å²) >= 11 is 0. The molecule has 4 nitrogen and oxygen atoms in total. The second kappa shape index (κ2) is 6.96. The van der Waals surface area contributed by atoms with Crippen LogP contribution in [0.1, 0.15) is 25.8 Å². The Morgan fingerprint density at radius 2 is 2.17 bits per heavy atom. The highest BCUT2D eigenvalue weighted by Gasteiger charge is 2.21. The average Bonchev–Trinajstić information content (AvgIpc) is 2.36. The fourth-order valence-electron chi connectivity index (χ4n) is 1.53. The SMILES string of the molecule is CCOC(=O)C(CC)Oc1cccc(F)c1CN. The van der Waals surface area contributed by atoms with Gasteiger partial charge in [0.15, 0.2) is 6.10 Å². The third-order valence-corrected chi connectivity index (χ3v) is 2.47. The smallest absolute Gasteiger partial charge is 0.347 e. The molecule has 5 heteroatoms. The molecule has 1 aromatic carbocycles. The summed E-state index contributed by atoms with van der Waals surface area (Å²) in [7, 11) is 0. The van der Waals surface area contributed by atoms with Gasteiger partial charge in [0.25, 0.3) is 0 Å². The third kappa shape index (κ3) is 3.43. The number of esters is 1. The Balaban J connectivity index is 2.88. The van der Waals surface area contributed by atoms with E-state index in [1.807, 2.05) is 0 Å². The second-order valence-corrected chi connectivity index (χ2v) is 3.69. The summed E-state index contributed by atoms with van der Waals surface area (Å²) in [5.74, 6) is -0.599. The van der Waals surface area contributed by atoms with E-state index in [1.54, 1.807) is 19.9 Å². The van der Waals surface area contributed by atoms with Crippen molar-refractivity contribution in [2.45, 2.75) is 32.9 Å². The lowest BCUT2D eigenvalue weighted by atomic mass is 10.2. The summed E-state index contributed by atoms with van der Waals surface area (Å²) in [5.41, 5.74) is 5.73. The predicted molar refractivity (Wildman–Crippen MR) is 65.6 cm³/mol. The van der Waals surface area contributed by atoms with Crippen molar-refractivity contribution in [1.82, 2.24) is 0 Å². The molecule has 0 bridgehead atoms. The molecule has 0 spiro atoms. The van der Waals surface area contributed by atoms with Crippen molar-refractivity contribution in [3.05, 3.63) is 29.6 Å². The summed E-state index contributed by atoms with van der Waals surface area (Å²) in [6.45, 7) is 3.81. The van der Waals surface area contributed by atoms with Gasteiger partial charge in [-0.1, -0.05) is 13.0 Å². The van der Waals surface area contributed by atoms with Crippen LogP contribution in [0.3, 0.4) is 0 Å². The molecule has 0 aliphatic rings. The van der Waals surface area contributed by atoms with Crippen LogP contribution in [0.25, 0.3) is 0 Å². The Morgan fingerprint density at radius 3 is 2.72 bits per heavy atom. The number of rotatable bonds is 6. The molecule has 0 fully saturated rings. The zero-order valence-corrected chi connectivity index (χ0v) is 10.6. The van der Waals surface area contributed by atoms with Gasteiger partial charge in [-0.05, 0) is 25.5 Å². The zero-order valence-electron chi connectivity index (χ0n) is 10.6. The summed E-state index contributed by atoms with van der Waals surface area (Å²) in [6, 6.07) is 4.41. The number of nitrogens with two attached hydrogens (primary N) is 1. The molecule has 1 unspecified atom stereocenters. The lowest BCUT2D eigenvalue weighted by Crippen LogP contribution is -2.29. The van der Waals surface area contributed by atoms with E-state index in [-0.39, 0.29) is 24.5 Å². The average molecular weight is 255 g/mol. The van der Waals surface area contributed by atoms with Crippen LogP contribution in [0.4, 0.5) is 4.39 Å². The Morgan fingerprint density at radius 1 is 1.44 bits per heavy atom. The second-order valence-electron chi connectivity index (χ2n) is 3.69. The van der Waals surface area contributed by atoms with Gasteiger partial charge >= 0.3 is 5.97 Å². The van der Waals surface area contributed by atoms with Gasteiger partial charge in [0.2, 0.25) is 0 Å². The molecule has 18 heavy (non-hydrogen) atoms. The molecule has 0 aliphatic carbocycles. The number of halogens is 1. The molecular formula is C13H18FNO3. The van der Waals surface area contributed by atoms with E-state index in [9.17, 15) is 9.18 Å². The van der Waals surface area contributed by atoms with Gasteiger partial charge in [-0.15, -0.1) is 0 Å². The predicted octanol–water partition coefficient (Wildman–Crippen LogP) is 2.00. The lowest BCUT2D eigenvalue weighted by Gasteiger charge is -2.18. The molecule has 1 atom stereocenters. The highest BCUT2D eigenvalue weighted by atomic mass is 19.1. The van der Waals surface area contributed by atoms with Crippen molar-refractivity contribution >= 4 is 5.97 Å². The first-order valence-corrected chi connectivity index (χ1v) is 5.94. The maximum atomic E-state index is 13.5. The summed E-state index contributed by atoms with van der Waals surface area (Å²) < 4.78 is 23.8. The van der Waals surface area contributed by atoms with Crippen LogP contribution in [0.15, 0.2) is 18.2 Å². The normalized spacial score (nSPS) is 12.0. The topological polar surface area (TPSA) is 61.5 Å². The largest absolute Gasteiger partial charge is 0.478 e. The van der Waals surface area contributed by atoms with Gasteiger partial charge in [0.1, 0.15) is 11.6 Å². The first kappa shape index (κ1) is 14.4. The highest BCUT2D eigenvalue weighted by molar-refractivity contribution is 5.75. The van der Waals surface area contributed by atoms with Gasteiger partial charge in [-0.2, -0.15) is 0 Å². The minimum absolute atomic E-state index is 0.0151. The summed E-state index contributed by atoms with van der Waals surface area (Å²) in [4.78, 5) is 11.6. The maximum Gasteiger partial charge on any atom is 0.347 e. The Hall–Kier alpha value is -1.62. The van der Waals surface area contributed by atoms with Crippen LogP contribution in [0.2, 0.25) is 0 Å². The van der Waals surface area contributed by atoms with Crippen molar-refractivity contribution in [3.8, 4) is 5.75 Å². The number of hydrogen-bond acceptors (Lipinski definition) is 4. The van der Waals surface area contributed by atoms with E-state index in [1.165, 1.54) is 12.1 Å². The Bertz CT molecular complexity index is 409. The summed E-state index contributed by atoms with van der Waals surface area (Å²) in [5, 5.41) is 0. The van der Waals surface area contributed by atoms with Gasteiger partial charge in [0, 0.05) is 12.1 Å². The Labute approximate surface area is 106 Å². The quantitative estimate of drug-likeness (QED) is 0.790. The number of carbonyl (C=O) groups is 1. The van der Waals surface area contributed by atoms with E-state index in [0.717, 1.165) is 0 Å². The molecule has 0 saturated heterocycles. The van der Waals surface area contributed by atoms with Crippen LogP contribution in [0, 0.1) is 5.82 Å². The van der Waals surface area contributed by atoms with Crippen molar-refractivity contribution in [2.24, 2.45) is 5.73 Å². The molecule has 0 aliphatic heterocycles. The van der Waals surface area contributed by atoms with Crippen LogP contribution in [-0.4, -0.2) is 18.7 Å². The highest BCUT2D eigenvalue weighted by Crippen LogP contribution is 2.23. The fourth-order valence-corrected chi connectivity index (χ4v) is 1.53. The lowest BCUT2D eigenvalue weighted by molar-refractivity contribution is -0.151. The molecule has 100 valence electrons. The summed E-state index contributed by atoms with van der Waals surface area (Å²) in [6.07, 6.45) is -0.295. The molecule has 0 amide bonds. The van der Waals surface area contributed by atoms with Crippen molar-refractivity contribution in [2.75, 3.05) is 6.61 Å². The van der Waals surface area contributed by atoms with Crippen molar-refractivity contribution < 1.29 is 18.7 Å². The Kier molecular flexibility index (Phi) is 5.58. The van der Waals surface area contributed by atoms with Gasteiger partial charge in [-0.3, -0.25) is 0 Å². The first-order valence-electron chi connectivity index (χ1n) is 5.94. The van der Waals surface area contributed by atoms with E-state index >= 15 is 0 Å². The zero-order chi connectivity index (χ0) is 13.5. The van der Waals surface area contributed by atoms with Crippen LogP contribution >= 0.6 is 0 Å². The van der Waals surface area contributed by atoms with Gasteiger partial charge in [0.05, 0.1) is 6.61 Å². The molecule has 1 aromatic rings. The maximum absolute atomic E-state index is 13.5. The molecule has 1 rings (SSSR count). The van der Waals surface area contributed by atoms with Gasteiger partial charge < -0.3 is 15.2 Å². The molecule has 0 radical (unpaired) electrons. The fraction of sp³-hybridized carbons (Fsp3) is 0.462. The minimum atomic E-state index is -0.739. The molecule has 2 N–H and O–H groups in total. The van der Waals surface area contributed by atoms with Crippen LogP contribution in [0.5, 0.6) is 5.75 Å². The monoisotopic (exact) mass is 255 g/mol. The van der Waals surface area contributed by atoms with E-state index in [2.05, 4.69) is 0 Å².